The number of carbonyl (C=O) groups excluding carboxylic acids is 1. The summed E-state index contributed by atoms with van der Waals surface area (Å²) < 4.78 is 7.14. The van der Waals surface area contributed by atoms with Crippen LogP contribution in [0.15, 0.2) is 41.3 Å². The quantitative estimate of drug-likeness (QED) is 0.638. The molecular weight excluding hydrogens is 366 g/mol. The summed E-state index contributed by atoms with van der Waals surface area (Å²) in [5, 5.41) is 8.21. The average Bonchev–Trinajstić information content (AvgIpc) is 3.38. The molecule has 1 atom stereocenters. The topological polar surface area (TPSA) is 77.0 Å². The van der Waals surface area contributed by atoms with Crippen LogP contribution in [0.2, 0.25) is 0 Å². The molecule has 1 aliphatic heterocycles. The van der Waals surface area contributed by atoms with E-state index in [1.807, 2.05) is 41.9 Å². The van der Waals surface area contributed by atoms with Crippen LogP contribution in [-0.2, 0) is 11.3 Å². The van der Waals surface area contributed by atoms with Gasteiger partial charge in [-0.2, -0.15) is 5.10 Å². The van der Waals surface area contributed by atoms with Gasteiger partial charge >= 0.3 is 0 Å². The van der Waals surface area contributed by atoms with Gasteiger partial charge in [0.05, 0.1) is 5.69 Å². The van der Waals surface area contributed by atoms with Crippen molar-refractivity contribution in [3.63, 3.8) is 0 Å². The first-order valence-electron chi connectivity index (χ1n) is 10.3. The Kier molecular flexibility index (Phi) is 5.74. The lowest BCUT2D eigenvalue weighted by atomic mass is 9.93. The van der Waals surface area contributed by atoms with Crippen LogP contribution in [0.5, 0.6) is 0 Å². The summed E-state index contributed by atoms with van der Waals surface area (Å²) in [6.45, 7) is 6.23. The van der Waals surface area contributed by atoms with Crippen LogP contribution >= 0.6 is 0 Å². The van der Waals surface area contributed by atoms with E-state index in [1.165, 1.54) is 0 Å². The van der Waals surface area contributed by atoms with Crippen molar-refractivity contribution >= 4 is 5.91 Å². The number of aryl methyl sites for hydroxylation is 3. The second-order valence-electron chi connectivity index (χ2n) is 7.72. The van der Waals surface area contributed by atoms with Crippen LogP contribution < -0.4 is 0 Å². The van der Waals surface area contributed by atoms with E-state index in [2.05, 4.69) is 22.4 Å². The second-order valence-corrected chi connectivity index (χ2v) is 7.72. The van der Waals surface area contributed by atoms with Gasteiger partial charge in [-0.1, -0.05) is 11.2 Å². The summed E-state index contributed by atoms with van der Waals surface area (Å²) in [6.07, 6.45) is 9.04. The molecule has 0 aliphatic carbocycles. The van der Waals surface area contributed by atoms with Gasteiger partial charge in [-0.15, -0.1) is 0 Å². The highest BCUT2D eigenvalue weighted by molar-refractivity contribution is 5.76. The first kappa shape index (κ1) is 19.4. The molecule has 7 nitrogen and oxygen atoms in total. The van der Waals surface area contributed by atoms with Gasteiger partial charge in [-0.25, -0.2) is 0 Å². The second kappa shape index (κ2) is 8.59. The number of likely N-dealkylation sites (tertiary alicyclic amines) is 1. The molecule has 3 aromatic rings. The molecule has 0 unspecified atom stereocenters. The normalized spacial score (nSPS) is 16.9. The van der Waals surface area contributed by atoms with E-state index in [4.69, 9.17) is 9.51 Å². The fraction of sp³-hybridized carbons (Fsp3) is 0.455. The predicted octanol–water partition coefficient (Wildman–Crippen LogP) is 3.74. The van der Waals surface area contributed by atoms with Crippen LogP contribution in [0.3, 0.4) is 0 Å². The molecule has 4 rings (SSSR count). The monoisotopic (exact) mass is 393 g/mol. The average molecular weight is 393 g/mol. The first-order chi connectivity index (χ1) is 14.1. The zero-order valence-electron chi connectivity index (χ0n) is 17.0. The van der Waals surface area contributed by atoms with Crippen molar-refractivity contribution in [2.75, 3.05) is 13.1 Å². The van der Waals surface area contributed by atoms with E-state index in [1.54, 1.807) is 6.20 Å². The third kappa shape index (κ3) is 4.39. The maximum Gasteiger partial charge on any atom is 0.222 e. The molecule has 1 amide bonds. The summed E-state index contributed by atoms with van der Waals surface area (Å²) in [5.74, 6) is 1.33. The Morgan fingerprint density at radius 1 is 1.31 bits per heavy atom. The van der Waals surface area contributed by atoms with E-state index >= 15 is 0 Å². The summed E-state index contributed by atoms with van der Waals surface area (Å²) in [7, 11) is 0. The molecule has 0 bridgehead atoms. The van der Waals surface area contributed by atoms with Gasteiger partial charge in [0.25, 0.3) is 0 Å². The summed E-state index contributed by atoms with van der Waals surface area (Å²) in [5.41, 5.74) is 3.96. The predicted molar refractivity (Wildman–Crippen MR) is 109 cm³/mol. The lowest BCUT2D eigenvalue weighted by Gasteiger charge is -2.32. The lowest BCUT2D eigenvalue weighted by molar-refractivity contribution is -0.132. The fourth-order valence-electron chi connectivity index (χ4n) is 4.12. The molecule has 7 heteroatoms. The molecule has 29 heavy (non-hydrogen) atoms. The van der Waals surface area contributed by atoms with Crippen LogP contribution in [0.1, 0.15) is 48.7 Å². The Labute approximate surface area is 170 Å². The Balaban J connectivity index is 1.36. The number of aromatic nitrogens is 4. The van der Waals surface area contributed by atoms with E-state index < -0.39 is 0 Å². The molecule has 0 N–H and O–H groups in total. The van der Waals surface area contributed by atoms with Crippen molar-refractivity contribution in [1.82, 2.24) is 24.8 Å². The zero-order valence-corrected chi connectivity index (χ0v) is 17.0. The van der Waals surface area contributed by atoms with Gasteiger partial charge in [0, 0.05) is 67.4 Å². The first-order valence-corrected chi connectivity index (χ1v) is 10.3. The van der Waals surface area contributed by atoms with Gasteiger partial charge in [0.15, 0.2) is 0 Å². The van der Waals surface area contributed by atoms with Crippen molar-refractivity contribution in [2.24, 2.45) is 0 Å². The smallest absolute Gasteiger partial charge is 0.222 e. The van der Waals surface area contributed by atoms with Crippen LogP contribution in [-0.4, -0.2) is 43.8 Å². The number of piperidine rings is 1. The van der Waals surface area contributed by atoms with Crippen molar-refractivity contribution in [2.45, 2.75) is 52.0 Å². The lowest BCUT2D eigenvalue weighted by Crippen LogP contribution is -2.39. The molecule has 0 saturated carbocycles. The number of hydrogen-bond donors (Lipinski definition) is 0. The highest BCUT2D eigenvalue weighted by Gasteiger charge is 2.25. The van der Waals surface area contributed by atoms with Crippen LogP contribution in [0, 0.1) is 13.8 Å². The Bertz CT molecular complexity index is 927. The Morgan fingerprint density at radius 2 is 2.21 bits per heavy atom. The largest absolute Gasteiger partial charge is 0.361 e. The molecule has 0 radical (unpaired) electrons. The van der Waals surface area contributed by atoms with Gasteiger partial charge in [-0.05, 0) is 45.2 Å². The van der Waals surface area contributed by atoms with E-state index in [-0.39, 0.29) is 11.8 Å². The minimum Gasteiger partial charge on any atom is -0.361 e. The van der Waals surface area contributed by atoms with Gasteiger partial charge in [-0.3, -0.25) is 14.5 Å². The number of rotatable bonds is 6. The highest BCUT2D eigenvalue weighted by Crippen LogP contribution is 2.30. The van der Waals surface area contributed by atoms with Crippen molar-refractivity contribution < 1.29 is 9.32 Å². The van der Waals surface area contributed by atoms with Crippen molar-refractivity contribution in [1.29, 1.82) is 0 Å². The van der Waals surface area contributed by atoms with Crippen molar-refractivity contribution in [3.8, 4) is 11.1 Å². The number of carbonyl (C=O) groups is 1. The molecule has 0 spiro atoms. The van der Waals surface area contributed by atoms with Crippen LogP contribution in [0.25, 0.3) is 11.1 Å². The van der Waals surface area contributed by atoms with E-state index in [0.29, 0.717) is 6.42 Å². The summed E-state index contributed by atoms with van der Waals surface area (Å²) >= 11 is 0. The molecule has 0 aromatic carbocycles. The summed E-state index contributed by atoms with van der Waals surface area (Å²) in [6, 6.07) is 6.07. The minimum atomic E-state index is 0.231. The molecule has 152 valence electrons. The molecule has 4 heterocycles. The molecule has 1 fully saturated rings. The number of nitrogens with zero attached hydrogens (tertiary/aromatic N) is 5. The minimum absolute atomic E-state index is 0.231. The fourth-order valence-corrected chi connectivity index (χ4v) is 4.12. The standard InChI is InChI=1S/C22H27N5O2/c1-16-22(17(2)29-25-16)18-8-9-20(23-14-18)19-6-3-11-26(15-19)21(28)7-4-12-27-13-5-10-24-27/h5,8-10,13-14,19H,3-4,6-7,11-12,15H2,1-2H3/t19-/m0/s1. The Morgan fingerprint density at radius 3 is 2.90 bits per heavy atom. The van der Waals surface area contributed by atoms with E-state index in [9.17, 15) is 4.79 Å². The zero-order chi connectivity index (χ0) is 20.2. The van der Waals surface area contributed by atoms with Gasteiger partial charge in [0.2, 0.25) is 5.91 Å². The SMILES string of the molecule is Cc1noc(C)c1-c1ccc([C@H]2CCCN(C(=O)CCCn3cccn3)C2)nc1. The number of pyridine rings is 1. The molecular formula is C22H27N5O2. The van der Waals surface area contributed by atoms with E-state index in [0.717, 1.165) is 67.2 Å². The molecule has 1 saturated heterocycles. The van der Waals surface area contributed by atoms with Gasteiger partial charge in [0.1, 0.15) is 5.76 Å². The molecule has 1 aliphatic rings. The number of amides is 1. The van der Waals surface area contributed by atoms with Gasteiger partial charge < -0.3 is 9.42 Å². The third-order valence-corrected chi connectivity index (χ3v) is 5.64. The highest BCUT2D eigenvalue weighted by atomic mass is 16.5. The third-order valence-electron chi connectivity index (χ3n) is 5.64. The summed E-state index contributed by atoms with van der Waals surface area (Å²) in [4.78, 5) is 19.4. The maximum absolute atomic E-state index is 12.6. The Hall–Kier alpha value is -2.96. The molecule has 3 aromatic heterocycles. The number of hydrogen-bond acceptors (Lipinski definition) is 5. The maximum atomic E-state index is 12.6. The van der Waals surface area contributed by atoms with Crippen molar-refractivity contribution in [3.05, 3.63) is 53.9 Å². The van der Waals surface area contributed by atoms with Crippen LogP contribution in [0.4, 0.5) is 0 Å².